The van der Waals surface area contributed by atoms with Gasteiger partial charge in [-0.15, -0.1) is 0 Å². The molecular formula is C48H28N6O2. The molecule has 0 aliphatic carbocycles. The summed E-state index contributed by atoms with van der Waals surface area (Å²) in [7, 11) is 0. The molecule has 0 unspecified atom stereocenters. The summed E-state index contributed by atoms with van der Waals surface area (Å²) in [5.74, 6) is 2.29. The molecule has 6 aromatic carbocycles. The van der Waals surface area contributed by atoms with Crippen LogP contribution in [-0.4, -0.2) is 29.9 Å². The van der Waals surface area contributed by atoms with Crippen molar-refractivity contribution < 1.29 is 8.83 Å². The van der Waals surface area contributed by atoms with Gasteiger partial charge in [0.25, 0.3) is 0 Å². The highest BCUT2D eigenvalue weighted by molar-refractivity contribution is 6.19. The van der Waals surface area contributed by atoms with Crippen molar-refractivity contribution in [2.24, 2.45) is 0 Å². The highest BCUT2D eigenvalue weighted by Gasteiger charge is 2.22. The van der Waals surface area contributed by atoms with E-state index in [9.17, 15) is 0 Å². The second-order valence-corrected chi connectivity index (χ2v) is 13.5. The van der Waals surface area contributed by atoms with Crippen LogP contribution in [0.2, 0.25) is 0 Å². The van der Waals surface area contributed by atoms with Crippen LogP contribution in [0.25, 0.3) is 112 Å². The molecule has 0 spiro atoms. The van der Waals surface area contributed by atoms with E-state index in [1.54, 1.807) is 24.8 Å². The minimum absolute atomic E-state index is 0.551. The first-order chi connectivity index (χ1) is 27.7. The number of hydrogen-bond donors (Lipinski definition) is 0. The average Bonchev–Trinajstić information content (AvgIpc) is 3.89. The Labute approximate surface area is 319 Å². The number of aromatic nitrogens is 6. The van der Waals surface area contributed by atoms with Gasteiger partial charge in [-0.1, -0.05) is 97.1 Å². The normalized spacial score (nSPS) is 11.6. The number of nitrogens with zero attached hydrogens (tertiary/aromatic N) is 6. The van der Waals surface area contributed by atoms with Gasteiger partial charge in [-0.3, -0.25) is 9.97 Å². The lowest BCUT2D eigenvalue weighted by Crippen LogP contribution is -2.00. The van der Waals surface area contributed by atoms with Crippen LogP contribution in [-0.2, 0) is 0 Å². The third-order valence-corrected chi connectivity index (χ3v) is 10.2. The SMILES string of the molecule is c1ccc(-c2nc3c(o2)c(-c2ccc(-c4ccc(-c5nc(-c6ccncc6)nc(-c6ccncc6)n5)cc4)c4ccccc24)cc2c4ccccc4oc23)cc1. The smallest absolute Gasteiger partial charge is 0.227 e. The zero-order valence-corrected chi connectivity index (χ0v) is 29.7. The number of furan rings is 1. The van der Waals surface area contributed by atoms with Gasteiger partial charge >= 0.3 is 0 Å². The van der Waals surface area contributed by atoms with Gasteiger partial charge in [-0.25, -0.2) is 19.9 Å². The molecule has 0 saturated carbocycles. The van der Waals surface area contributed by atoms with E-state index in [1.807, 2.05) is 72.8 Å². The van der Waals surface area contributed by atoms with Crippen molar-refractivity contribution in [3.63, 3.8) is 0 Å². The van der Waals surface area contributed by atoms with Crippen molar-refractivity contribution >= 4 is 43.8 Å². The largest absolute Gasteiger partial charge is 0.454 e. The maximum atomic E-state index is 6.64. The Kier molecular flexibility index (Phi) is 7.31. The number of para-hydroxylation sites is 1. The molecule has 0 bridgehead atoms. The Morgan fingerprint density at radius 3 is 1.54 bits per heavy atom. The van der Waals surface area contributed by atoms with Crippen molar-refractivity contribution in [2.75, 3.05) is 0 Å². The minimum atomic E-state index is 0.551. The van der Waals surface area contributed by atoms with Crippen LogP contribution in [0.3, 0.4) is 0 Å². The zero-order valence-electron chi connectivity index (χ0n) is 29.7. The van der Waals surface area contributed by atoms with E-state index in [-0.39, 0.29) is 0 Å². The lowest BCUT2D eigenvalue weighted by molar-refractivity contribution is 0.620. The summed E-state index contributed by atoms with van der Waals surface area (Å²) in [6, 6.07) is 49.2. The molecule has 5 aromatic heterocycles. The van der Waals surface area contributed by atoms with Crippen LogP contribution in [0.4, 0.5) is 0 Å². The minimum Gasteiger partial charge on any atom is -0.454 e. The van der Waals surface area contributed by atoms with Crippen LogP contribution in [0, 0.1) is 0 Å². The number of rotatable bonds is 6. The number of pyridine rings is 2. The summed E-state index contributed by atoms with van der Waals surface area (Å²) < 4.78 is 13.1. The lowest BCUT2D eigenvalue weighted by atomic mass is 9.91. The summed E-state index contributed by atoms with van der Waals surface area (Å²) >= 11 is 0. The Morgan fingerprint density at radius 1 is 0.339 bits per heavy atom. The van der Waals surface area contributed by atoms with Gasteiger partial charge in [-0.05, 0) is 76.0 Å². The fraction of sp³-hybridized carbons (Fsp3) is 0. The van der Waals surface area contributed by atoms with Gasteiger partial charge in [0.15, 0.2) is 34.2 Å². The summed E-state index contributed by atoms with van der Waals surface area (Å²) in [4.78, 5) is 28.0. The summed E-state index contributed by atoms with van der Waals surface area (Å²) in [6.07, 6.45) is 6.96. The van der Waals surface area contributed by atoms with E-state index in [2.05, 4.69) is 82.8 Å². The second kappa shape index (κ2) is 12.9. The van der Waals surface area contributed by atoms with Crippen LogP contribution < -0.4 is 0 Å². The van der Waals surface area contributed by atoms with E-state index in [1.165, 1.54) is 0 Å². The van der Waals surface area contributed by atoms with Gasteiger partial charge in [0.2, 0.25) is 5.89 Å². The molecule has 5 heterocycles. The first kappa shape index (κ1) is 31.7. The molecule has 11 aromatic rings. The molecule has 0 aliphatic heterocycles. The Morgan fingerprint density at radius 2 is 0.875 bits per heavy atom. The highest BCUT2D eigenvalue weighted by Crippen LogP contribution is 2.44. The van der Waals surface area contributed by atoms with Crippen LogP contribution in [0.1, 0.15) is 0 Å². The van der Waals surface area contributed by atoms with Gasteiger partial charge in [0, 0.05) is 63.4 Å². The number of benzene rings is 6. The second-order valence-electron chi connectivity index (χ2n) is 13.5. The molecule has 8 nitrogen and oxygen atoms in total. The Balaban J connectivity index is 1.04. The molecule has 0 aliphatic rings. The van der Waals surface area contributed by atoms with Crippen molar-refractivity contribution in [1.29, 1.82) is 0 Å². The summed E-state index contributed by atoms with van der Waals surface area (Å²) in [5.41, 5.74) is 10.6. The predicted molar refractivity (Wildman–Crippen MR) is 220 cm³/mol. The maximum absolute atomic E-state index is 6.64. The predicted octanol–water partition coefficient (Wildman–Crippen LogP) is 11.9. The monoisotopic (exact) mass is 720 g/mol. The first-order valence-corrected chi connectivity index (χ1v) is 18.3. The van der Waals surface area contributed by atoms with Gasteiger partial charge in [0.1, 0.15) is 5.58 Å². The molecule has 0 atom stereocenters. The molecule has 0 N–H and O–H groups in total. The molecule has 0 radical (unpaired) electrons. The topological polar surface area (TPSA) is 104 Å². The Hall–Kier alpha value is -7.84. The van der Waals surface area contributed by atoms with Gasteiger partial charge in [-0.2, -0.15) is 0 Å². The molecule has 8 heteroatoms. The third-order valence-electron chi connectivity index (χ3n) is 10.2. The molecular weight excluding hydrogens is 693 g/mol. The van der Waals surface area contributed by atoms with Crippen LogP contribution in [0.5, 0.6) is 0 Å². The van der Waals surface area contributed by atoms with E-state index in [4.69, 9.17) is 28.8 Å². The first-order valence-electron chi connectivity index (χ1n) is 18.3. The third kappa shape index (κ3) is 5.31. The molecule has 0 saturated heterocycles. The fourth-order valence-electron chi connectivity index (χ4n) is 7.51. The van der Waals surface area contributed by atoms with Crippen LogP contribution in [0.15, 0.2) is 179 Å². The fourth-order valence-corrected chi connectivity index (χ4v) is 7.51. The Bertz CT molecular complexity index is 3180. The number of fused-ring (bicyclic) bond motifs is 6. The van der Waals surface area contributed by atoms with Gasteiger partial charge in [0.05, 0.1) is 0 Å². The molecule has 56 heavy (non-hydrogen) atoms. The number of hydrogen-bond acceptors (Lipinski definition) is 8. The zero-order chi connectivity index (χ0) is 37.0. The molecule has 0 amide bonds. The summed E-state index contributed by atoms with van der Waals surface area (Å²) in [5, 5.41) is 4.25. The van der Waals surface area contributed by atoms with Gasteiger partial charge < -0.3 is 8.83 Å². The van der Waals surface area contributed by atoms with E-state index in [0.717, 1.165) is 77.2 Å². The van der Waals surface area contributed by atoms with Crippen molar-refractivity contribution in [2.45, 2.75) is 0 Å². The lowest BCUT2D eigenvalue weighted by Gasteiger charge is -2.13. The number of oxazole rings is 1. The highest BCUT2D eigenvalue weighted by atomic mass is 16.4. The molecule has 262 valence electrons. The maximum Gasteiger partial charge on any atom is 0.227 e. The molecule has 11 rings (SSSR count). The quantitative estimate of drug-likeness (QED) is 0.167. The standard InChI is InChI=1S/C48H28N6O2/c1-2-8-33(9-3-1)48-51-42-43-40(38-12-6-7-13-41(38)55-43)28-39(44(42)56-48)37-19-18-34(35-10-4-5-11-36(35)37)29-14-16-30(17-15-29)45-52-46(31-20-24-49-25-21-31)54-47(53-45)32-22-26-50-27-23-32/h1-28H. The van der Waals surface area contributed by atoms with Crippen LogP contribution >= 0.6 is 0 Å². The van der Waals surface area contributed by atoms with E-state index >= 15 is 0 Å². The summed E-state index contributed by atoms with van der Waals surface area (Å²) in [6.45, 7) is 0. The average molecular weight is 721 g/mol. The van der Waals surface area contributed by atoms with Crippen molar-refractivity contribution in [3.05, 3.63) is 170 Å². The molecule has 0 fully saturated rings. The van der Waals surface area contributed by atoms with E-state index < -0.39 is 0 Å². The van der Waals surface area contributed by atoms with Crippen molar-refractivity contribution in [3.8, 4) is 67.9 Å². The van der Waals surface area contributed by atoms with E-state index in [0.29, 0.717) is 34.5 Å². The van der Waals surface area contributed by atoms with Crippen molar-refractivity contribution in [1.82, 2.24) is 29.9 Å².